The van der Waals surface area contributed by atoms with Gasteiger partial charge in [0.05, 0.1) is 17.7 Å². The number of quaternary nitrogens is 2. The van der Waals surface area contributed by atoms with Crippen molar-refractivity contribution in [1.29, 1.82) is 0 Å². The second-order valence-electron chi connectivity index (χ2n) is 22.1. The molecule has 0 aliphatic carbocycles. The van der Waals surface area contributed by atoms with Crippen molar-refractivity contribution in [1.82, 2.24) is 18.5 Å². The predicted molar refractivity (Wildman–Crippen MR) is 282 cm³/mol. The molecule has 0 N–H and O–H groups in total. The van der Waals surface area contributed by atoms with Gasteiger partial charge in [0.1, 0.15) is 28.7 Å². The average Bonchev–Trinajstić information content (AvgIpc) is 3.90. The number of fused-ring (bicyclic) bond motifs is 3. The highest BCUT2D eigenvalue weighted by atomic mass is 16.5. The third-order valence-corrected chi connectivity index (χ3v) is 14.4. The van der Waals surface area contributed by atoms with E-state index in [-0.39, 0.29) is 16.2 Å². The van der Waals surface area contributed by atoms with E-state index in [0.717, 1.165) is 46.0 Å². The highest BCUT2D eigenvalue weighted by Crippen LogP contribution is 2.67. The summed E-state index contributed by atoms with van der Waals surface area (Å²) in [5.74, 6) is 2.47. The van der Waals surface area contributed by atoms with Gasteiger partial charge in [-0.15, -0.1) is 0 Å². The van der Waals surface area contributed by atoms with E-state index in [4.69, 9.17) is 9.72 Å². The maximum absolute atomic E-state index is 6.90. The first-order valence-electron chi connectivity index (χ1n) is 23.8. The number of nitrogens with zero attached hydrogens (tertiary/aromatic N) is 4. The van der Waals surface area contributed by atoms with E-state index in [2.05, 4.69) is 244 Å². The van der Waals surface area contributed by atoms with Gasteiger partial charge in [0, 0.05) is 52.4 Å². The van der Waals surface area contributed by atoms with Gasteiger partial charge in [0.15, 0.2) is 18.0 Å². The van der Waals surface area contributed by atoms with Crippen molar-refractivity contribution in [2.75, 3.05) is 6.67 Å². The van der Waals surface area contributed by atoms with Crippen LogP contribution in [-0.4, -0.2) is 16.2 Å². The molecule has 5 heteroatoms. The Bertz CT molecular complexity index is 3420. The molecule has 1 fully saturated rings. The minimum absolute atomic E-state index is 0.0243. The van der Waals surface area contributed by atoms with Crippen molar-refractivity contribution in [2.45, 2.75) is 85.5 Å². The van der Waals surface area contributed by atoms with Crippen LogP contribution in [0.15, 0.2) is 170 Å². The quantitative estimate of drug-likeness (QED) is 0.118. The van der Waals surface area contributed by atoms with Crippen LogP contribution in [-0.2, 0) is 16.2 Å². The second kappa shape index (κ2) is 15.1. The van der Waals surface area contributed by atoms with Crippen LogP contribution in [0, 0.1) is 13.6 Å². The summed E-state index contributed by atoms with van der Waals surface area (Å²) >= 11 is 0. The number of ether oxygens (including phenoxy) is 1. The number of aromatic nitrogens is 2. The van der Waals surface area contributed by atoms with Gasteiger partial charge in [-0.1, -0.05) is 153 Å². The summed E-state index contributed by atoms with van der Waals surface area (Å²) in [6.45, 7) is 26.2. The summed E-state index contributed by atoms with van der Waals surface area (Å²) in [6, 6.07) is 60.3. The topological polar surface area (TPSA) is 27.1 Å². The summed E-state index contributed by atoms with van der Waals surface area (Å²) in [6.07, 6.45) is 2.04. The number of aryl methyl sites for hydroxylation is 1. The molecule has 0 radical (unpaired) electrons. The molecule has 7 aromatic carbocycles. The zero-order valence-electron chi connectivity index (χ0n) is 40.6. The molecule has 334 valence electrons. The monoisotopic (exact) mass is 877 g/mol. The molecule has 12 rings (SSSR count). The number of hydrogen-bond acceptors (Lipinski definition) is 2. The van der Waals surface area contributed by atoms with Crippen molar-refractivity contribution in [3.05, 3.63) is 199 Å². The maximum Gasteiger partial charge on any atom is 0.188 e. The highest BCUT2D eigenvalue weighted by molar-refractivity contribution is 6.09. The Morgan fingerprint density at radius 2 is 1.07 bits per heavy atom. The van der Waals surface area contributed by atoms with Gasteiger partial charge in [0.25, 0.3) is 0 Å². The Balaban J connectivity index is 0.982. The lowest BCUT2D eigenvalue weighted by molar-refractivity contribution is 0.187. The van der Waals surface area contributed by atoms with E-state index in [1.807, 2.05) is 6.20 Å². The van der Waals surface area contributed by atoms with Crippen LogP contribution in [0.5, 0.6) is 11.5 Å². The molecule has 0 unspecified atom stereocenters. The van der Waals surface area contributed by atoms with E-state index in [0.29, 0.717) is 8.97 Å². The van der Waals surface area contributed by atoms with Gasteiger partial charge in [-0.05, 0) is 105 Å². The first-order valence-corrected chi connectivity index (χ1v) is 23.8. The average molecular weight is 878 g/mol. The number of rotatable bonds is 7. The van der Waals surface area contributed by atoms with Gasteiger partial charge >= 0.3 is 0 Å². The first-order chi connectivity index (χ1) is 31.9. The summed E-state index contributed by atoms with van der Waals surface area (Å²) in [5, 5.41) is 2.34. The predicted octanol–water partition coefficient (Wildman–Crippen LogP) is 16.9. The second-order valence-corrected chi connectivity index (χ2v) is 22.1. The Morgan fingerprint density at radius 3 is 1.75 bits per heavy atom. The van der Waals surface area contributed by atoms with E-state index in [1.54, 1.807) is 0 Å². The van der Waals surface area contributed by atoms with Crippen LogP contribution >= 0.6 is 0 Å². The summed E-state index contributed by atoms with van der Waals surface area (Å²) in [5.41, 5.74) is 17.5. The largest absolute Gasteiger partial charge is 0.457 e. The van der Waals surface area contributed by atoms with Crippen molar-refractivity contribution in [2.24, 2.45) is 0 Å². The fourth-order valence-electron chi connectivity index (χ4n) is 10.7. The normalized spacial score (nSPS) is 18.0. The zero-order valence-corrected chi connectivity index (χ0v) is 40.6. The van der Waals surface area contributed by atoms with Crippen LogP contribution in [0.25, 0.3) is 49.9 Å². The molecule has 0 saturated carbocycles. The smallest absolute Gasteiger partial charge is 0.188 e. The summed E-state index contributed by atoms with van der Waals surface area (Å²) in [4.78, 5) is 5.15. The lowest BCUT2D eigenvalue weighted by Gasteiger charge is -2.56. The molecular formula is C62H61N4O+. The van der Waals surface area contributed by atoms with Crippen LogP contribution in [0.1, 0.15) is 84.6 Å². The highest BCUT2D eigenvalue weighted by Gasteiger charge is 2.64. The van der Waals surface area contributed by atoms with Crippen molar-refractivity contribution in [3.63, 3.8) is 0 Å². The lowest BCUT2D eigenvalue weighted by atomic mass is 9.85. The van der Waals surface area contributed by atoms with Crippen LogP contribution in [0.4, 0.5) is 22.7 Å². The molecule has 5 nitrogen and oxygen atoms in total. The fourth-order valence-corrected chi connectivity index (χ4v) is 10.7. The molecule has 2 aromatic heterocycles. The van der Waals surface area contributed by atoms with Gasteiger partial charge in [-0.2, -0.15) is 0 Å². The molecule has 3 aliphatic heterocycles. The molecule has 67 heavy (non-hydrogen) atoms. The molecule has 3 aliphatic rings. The number of benzene rings is 7. The van der Waals surface area contributed by atoms with E-state index in [9.17, 15) is 0 Å². The van der Waals surface area contributed by atoms with Crippen molar-refractivity contribution < 1.29 is 4.74 Å². The van der Waals surface area contributed by atoms with Gasteiger partial charge in [-0.25, -0.2) is 4.98 Å². The minimum atomic E-state index is 0.0243. The van der Waals surface area contributed by atoms with Crippen molar-refractivity contribution in [3.8, 4) is 39.6 Å². The lowest BCUT2D eigenvalue weighted by Crippen LogP contribution is -2.67. The molecule has 2 atom stereocenters. The number of pyridine rings is 1. The molecular weight excluding hydrogens is 817 g/mol. The van der Waals surface area contributed by atoms with E-state index >= 15 is 0 Å². The van der Waals surface area contributed by atoms with Crippen LogP contribution in [0.3, 0.4) is 0 Å². The van der Waals surface area contributed by atoms with Gasteiger partial charge in [0.2, 0.25) is 0 Å². The molecule has 1 saturated heterocycles. The molecule has 0 spiro atoms. The standard InChI is InChI=1S/C62H61N4O/c1-41-32-58(63-38-54(41)43-19-14-21-45(34-43)61(5,6)7)64-55-28-12-11-26-52(55)53-31-30-50(37-56(53)64)67-49-25-16-24-48(36-49)65-39-66(40-65,47-23-15-22-46(35-47)62(8,9)10)59-51(27-17-29-57(59)65)42-18-13-20-44(33-42)60(2,3)4/h11-39H,40H2,1-10H3/q+1/t65-,66+/m1/s1. The Kier molecular flexibility index (Phi) is 9.66. The third kappa shape index (κ3) is 7.01. The van der Waals surface area contributed by atoms with Gasteiger partial charge in [-0.3, -0.25) is 13.5 Å². The van der Waals surface area contributed by atoms with Crippen LogP contribution in [0.2, 0.25) is 0 Å². The van der Waals surface area contributed by atoms with Gasteiger partial charge < -0.3 is 4.74 Å². The van der Waals surface area contributed by atoms with E-state index in [1.165, 1.54) is 67.1 Å². The zero-order chi connectivity index (χ0) is 46.7. The Hall–Kier alpha value is -6.79. The maximum atomic E-state index is 6.90. The number of para-hydroxylation sites is 2. The fraction of sp³-hybridized carbons (Fsp3) is 0.226. The summed E-state index contributed by atoms with van der Waals surface area (Å²) in [7, 11) is 0. The third-order valence-electron chi connectivity index (χ3n) is 14.4. The Morgan fingerprint density at radius 1 is 0.507 bits per heavy atom. The molecule has 5 heterocycles. The summed E-state index contributed by atoms with van der Waals surface area (Å²) < 4.78 is 10.5. The first kappa shape index (κ1) is 42.8. The SMILES string of the molecule is Cc1cc(-n2c3ccccc3c3ccc(Oc4cccc([N@@+]56[CH-][N@@+](c7cccc(C(C)(C)C)c7)(C5)c5c(-c7cccc(C(C)(C)C)c7)cccc56)c4)cc32)ncc1-c1cccc(C(C)(C)C)c1. The molecule has 2 bridgehead atoms. The Labute approximate surface area is 396 Å². The number of hydrogen-bond donors (Lipinski definition) is 0. The molecule has 0 amide bonds. The molecule has 9 aromatic rings. The van der Waals surface area contributed by atoms with E-state index < -0.39 is 0 Å². The van der Waals surface area contributed by atoms with Crippen LogP contribution < -0.4 is 13.7 Å². The minimum Gasteiger partial charge on any atom is -0.457 e. The van der Waals surface area contributed by atoms with Crippen molar-refractivity contribution >= 4 is 44.6 Å².